The first kappa shape index (κ1) is 38.5. The van der Waals surface area contributed by atoms with Crippen LogP contribution < -0.4 is 4.90 Å². The second-order valence-electron chi connectivity index (χ2n) is 17.7. The molecule has 10 aromatic carbocycles. The number of para-hydroxylation sites is 3. The predicted octanol–water partition coefficient (Wildman–Crippen LogP) is 17.2. The summed E-state index contributed by atoms with van der Waals surface area (Å²) in [7, 11) is 0. The molecule has 1 aromatic heterocycles. The molecule has 0 N–H and O–H groups in total. The Hall–Kier alpha value is -8.20. The van der Waals surface area contributed by atoms with Gasteiger partial charge in [-0.3, -0.25) is 0 Å². The number of benzene rings is 10. The highest BCUT2D eigenvalue weighted by Crippen LogP contribution is 2.50. The van der Waals surface area contributed by atoms with Crippen molar-refractivity contribution in [2.45, 2.75) is 19.3 Å². The maximum absolute atomic E-state index is 2.44. The number of rotatable bonds is 8. The first-order chi connectivity index (χ1) is 32.0. The van der Waals surface area contributed by atoms with Crippen LogP contribution in [0, 0.1) is 0 Å². The van der Waals surface area contributed by atoms with Crippen LogP contribution in [0.4, 0.5) is 17.1 Å². The molecule has 0 aliphatic heterocycles. The summed E-state index contributed by atoms with van der Waals surface area (Å²) in [6, 6.07) is 88.9. The Bertz CT molecular complexity index is 3520. The van der Waals surface area contributed by atoms with Gasteiger partial charge in [0.1, 0.15) is 0 Å². The minimum Gasteiger partial charge on any atom is -0.310 e. The van der Waals surface area contributed by atoms with Crippen molar-refractivity contribution < 1.29 is 0 Å². The zero-order valence-corrected chi connectivity index (χ0v) is 36.5. The summed E-state index contributed by atoms with van der Waals surface area (Å²) in [6.45, 7) is 4.71. The Labute approximate surface area is 381 Å². The van der Waals surface area contributed by atoms with Gasteiger partial charge in [-0.2, -0.15) is 0 Å². The molecule has 0 amide bonds. The lowest BCUT2D eigenvalue weighted by molar-refractivity contribution is 0.660. The van der Waals surface area contributed by atoms with E-state index in [0.717, 1.165) is 28.3 Å². The molecule has 12 rings (SSSR count). The quantitative estimate of drug-likeness (QED) is 0.148. The molecule has 0 fully saturated rings. The van der Waals surface area contributed by atoms with E-state index in [1.165, 1.54) is 83.0 Å². The summed E-state index contributed by atoms with van der Waals surface area (Å²) < 4.78 is 2.41. The number of fused-ring (bicyclic) bond motifs is 6. The number of nitrogens with zero attached hydrogens (tertiary/aromatic N) is 2. The van der Waals surface area contributed by atoms with E-state index in [1.807, 2.05) is 0 Å². The third-order valence-corrected chi connectivity index (χ3v) is 13.6. The van der Waals surface area contributed by atoms with Crippen LogP contribution in [0.25, 0.3) is 83.1 Å². The minimum absolute atomic E-state index is 0.0678. The topological polar surface area (TPSA) is 8.17 Å². The lowest BCUT2D eigenvalue weighted by Gasteiger charge is -2.29. The standard InChI is InChI=1S/C63H46N2/c1-63(2)58-31-14-10-27-53(58)54-40-37-45(41-59(54)63)43-35-38-46(39-36-43)64(47-21-18-22-48(42-47)65-61-33-16-12-29-56(61)57-30-13-17-34-62(57)65)60-32-15-11-28-55(60)52-26-9-8-25-51(52)50-24-7-6-23-49(50)44-19-4-3-5-20-44/h3-42H,1-2H3. The van der Waals surface area contributed by atoms with E-state index in [1.54, 1.807) is 0 Å². The van der Waals surface area contributed by atoms with Crippen molar-refractivity contribution in [3.05, 3.63) is 254 Å². The van der Waals surface area contributed by atoms with Crippen LogP contribution in [0.1, 0.15) is 25.0 Å². The average Bonchev–Trinajstić information content (AvgIpc) is 3.83. The minimum atomic E-state index is -0.0678. The van der Waals surface area contributed by atoms with Gasteiger partial charge in [0.2, 0.25) is 0 Å². The molecule has 1 heterocycles. The third kappa shape index (κ3) is 6.40. The lowest BCUT2D eigenvalue weighted by Crippen LogP contribution is -2.14. The summed E-state index contributed by atoms with van der Waals surface area (Å²) >= 11 is 0. The van der Waals surface area contributed by atoms with E-state index >= 15 is 0 Å². The molecule has 0 saturated heterocycles. The molecule has 0 unspecified atom stereocenters. The van der Waals surface area contributed by atoms with Crippen LogP contribution in [0.3, 0.4) is 0 Å². The van der Waals surface area contributed by atoms with Crippen LogP contribution in [0.2, 0.25) is 0 Å². The van der Waals surface area contributed by atoms with Gasteiger partial charge in [-0.1, -0.05) is 202 Å². The smallest absolute Gasteiger partial charge is 0.0541 e. The summed E-state index contributed by atoms with van der Waals surface area (Å²) in [5.74, 6) is 0. The number of hydrogen-bond acceptors (Lipinski definition) is 1. The molecule has 0 saturated carbocycles. The second-order valence-corrected chi connectivity index (χ2v) is 17.7. The molecular formula is C63H46N2. The largest absolute Gasteiger partial charge is 0.310 e. The molecule has 308 valence electrons. The van der Waals surface area contributed by atoms with Gasteiger partial charge in [0, 0.05) is 38.8 Å². The van der Waals surface area contributed by atoms with E-state index in [0.29, 0.717) is 0 Å². The van der Waals surface area contributed by atoms with Gasteiger partial charge >= 0.3 is 0 Å². The third-order valence-electron chi connectivity index (χ3n) is 13.6. The molecule has 2 heteroatoms. The number of hydrogen-bond donors (Lipinski definition) is 0. The maximum Gasteiger partial charge on any atom is 0.0541 e. The van der Waals surface area contributed by atoms with Crippen molar-refractivity contribution >= 4 is 38.9 Å². The highest BCUT2D eigenvalue weighted by molar-refractivity contribution is 6.09. The van der Waals surface area contributed by atoms with E-state index < -0.39 is 0 Å². The van der Waals surface area contributed by atoms with Crippen LogP contribution in [-0.2, 0) is 5.41 Å². The summed E-state index contributed by atoms with van der Waals surface area (Å²) in [6.07, 6.45) is 0. The molecule has 1 aliphatic rings. The Balaban J connectivity index is 1.03. The fourth-order valence-electron chi connectivity index (χ4n) is 10.5. The maximum atomic E-state index is 2.44. The first-order valence-corrected chi connectivity index (χ1v) is 22.6. The summed E-state index contributed by atoms with van der Waals surface area (Å²) in [5.41, 5.74) is 21.7. The molecule has 0 bridgehead atoms. The van der Waals surface area contributed by atoms with Crippen molar-refractivity contribution in [1.29, 1.82) is 0 Å². The normalized spacial score (nSPS) is 12.6. The first-order valence-electron chi connectivity index (χ1n) is 22.6. The molecule has 0 radical (unpaired) electrons. The molecule has 1 aliphatic carbocycles. The summed E-state index contributed by atoms with van der Waals surface area (Å²) in [4.78, 5) is 2.44. The van der Waals surface area contributed by atoms with Gasteiger partial charge in [0.15, 0.2) is 0 Å². The highest BCUT2D eigenvalue weighted by Gasteiger charge is 2.35. The van der Waals surface area contributed by atoms with E-state index in [-0.39, 0.29) is 5.41 Å². The lowest BCUT2D eigenvalue weighted by atomic mass is 9.81. The zero-order chi connectivity index (χ0) is 43.5. The van der Waals surface area contributed by atoms with Crippen molar-refractivity contribution in [2.75, 3.05) is 4.90 Å². The number of anilines is 3. The SMILES string of the molecule is CC1(C)c2ccccc2-c2ccc(-c3ccc(N(c4cccc(-n5c6ccccc6c6ccccc65)c4)c4ccccc4-c4ccccc4-c4ccccc4-c4ccccc4)cc3)cc21. The van der Waals surface area contributed by atoms with Gasteiger partial charge in [-0.05, 0) is 116 Å². The van der Waals surface area contributed by atoms with Crippen LogP contribution in [0.5, 0.6) is 0 Å². The fraction of sp³-hybridized carbons (Fsp3) is 0.0476. The monoisotopic (exact) mass is 830 g/mol. The molecular weight excluding hydrogens is 785 g/mol. The Morgan fingerprint density at radius 2 is 0.846 bits per heavy atom. The molecule has 2 nitrogen and oxygen atoms in total. The van der Waals surface area contributed by atoms with Gasteiger partial charge < -0.3 is 9.47 Å². The Morgan fingerprint density at radius 1 is 0.323 bits per heavy atom. The van der Waals surface area contributed by atoms with Crippen molar-refractivity contribution in [3.8, 4) is 61.3 Å². The molecule has 11 aromatic rings. The van der Waals surface area contributed by atoms with Gasteiger partial charge in [-0.25, -0.2) is 0 Å². The Morgan fingerprint density at radius 3 is 1.55 bits per heavy atom. The van der Waals surface area contributed by atoms with Crippen LogP contribution >= 0.6 is 0 Å². The van der Waals surface area contributed by atoms with Crippen molar-refractivity contribution in [2.24, 2.45) is 0 Å². The number of aromatic nitrogens is 1. The molecule has 65 heavy (non-hydrogen) atoms. The average molecular weight is 831 g/mol. The highest BCUT2D eigenvalue weighted by atomic mass is 15.1. The summed E-state index contributed by atoms with van der Waals surface area (Å²) in [5, 5.41) is 2.50. The van der Waals surface area contributed by atoms with Crippen LogP contribution in [-0.4, -0.2) is 4.57 Å². The predicted molar refractivity (Wildman–Crippen MR) is 275 cm³/mol. The zero-order valence-electron chi connectivity index (χ0n) is 36.5. The second kappa shape index (κ2) is 15.6. The van der Waals surface area contributed by atoms with Crippen molar-refractivity contribution in [3.63, 3.8) is 0 Å². The van der Waals surface area contributed by atoms with Gasteiger partial charge in [-0.15, -0.1) is 0 Å². The van der Waals surface area contributed by atoms with Crippen molar-refractivity contribution in [1.82, 2.24) is 4.57 Å². The van der Waals surface area contributed by atoms with E-state index in [9.17, 15) is 0 Å². The van der Waals surface area contributed by atoms with E-state index in [4.69, 9.17) is 0 Å². The van der Waals surface area contributed by atoms with Gasteiger partial charge in [0.25, 0.3) is 0 Å². The Kier molecular flexibility index (Phi) is 9.21. The van der Waals surface area contributed by atoms with Crippen LogP contribution in [0.15, 0.2) is 243 Å². The van der Waals surface area contributed by atoms with E-state index in [2.05, 4.69) is 266 Å². The molecule has 0 atom stereocenters. The fourth-order valence-corrected chi connectivity index (χ4v) is 10.5. The van der Waals surface area contributed by atoms with Gasteiger partial charge in [0.05, 0.1) is 16.7 Å². The molecule has 0 spiro atoms.